The molecule has 0 bridgehead atoms. The van der Waals surface area contributed by atoms with Crippen molar-refractivity contribution in [2.24, 2.45) is 0 Å². The van der Waals surface area contributed by atoms with Gasteiger partial charge in [0, 0.05) is 18.5 Å². The molecule has 118 valence electrons. The first-order chi connectivity index (χ1) is 10.5. The Morgan fingerprint density at radius 1 is 1.32 bits per heavy atom. The Bertz CT molecular complexity index is 588. The molecule has 5 nitrogen and oxygen atoms in total. The minimum atomic E-state index is -1.07. The molecule has 0 fully saturated rings. The number of rotatable bonds is 7. The summed E-state index contributed by atoms with van der Waals surface area (Å²) >= 11 is 0. The predicted molar refractivity (Wildman–Crippen MR) is 83.0 cm³/mol. The molecular weight excluding hydrogens is 282 g/mol. The summed E-state index contributed by atoms with van der Waals surface area (Å²) in [5, 5.41) is 13.0. The van der Waals surface area contributed by atoms with Gasteiger partial charge in [-0.15, -0.1) is 0 Å². The highest BCUT2D eigenvalue weighted by Crippen LogP contribution is 2.14. The average Bonchev–Trinajstić information content (AvgIpc) is 2.98. The topological polar surface area (TPSA) is 71.7 Å². The lowest BCUT2D eigenvalue weighted by molar-refractivity contribution is 0.0510. The quantitative estimate of drug-likeness (QED) is 0.824. The van der Waals surface area contributed by atoms with Crippen molar-refractivity contribution in [3.63, 3.8) is 0 Å². The summed E-state index contributed by atoms with van der Waals surface area (Å²) in [5.41, 5.74) is -0.545. The predicted octanol–water partition coefficient (Wildman–Crippen LogP) is 2.40. The van der Waals surface area contributed by atoms with Crippen LogP contribution in [-0.4, -0.2) is 29.8 Å². The number of furan rings is 1. The molecule has 1 unspecified atom stereocenters. The van der Waals surface area contributed by atoms with Crippen molar-refractivity contribution in [2.45, 2.75) is 25.9 Å². The maximum Gasteiger partial charge on any atom is 0.251 e. The van der Waals surface area contributed by atoms with E-state index in [1.54, 1.807) is 49.6 Å². The van der Waals surface area contributed by atoms with Crippen LogP contribution in [0.5, 0.6) is 5.75 Å². The van der Waals surface area contributed by atoms with Crippen LogP contribution < -0.4 is 10.1 Å². The fourth-order valence-corrected chi connectivity index (χ4v) is 2.09. The highest BCUT2D eigenvalue weighted by Gasteiger charge is 2.23. The Labute approximate surface area is 129 Å². The van der Waals surface area contributed by atoms with Crippen LogP contribution in [0.1, 0.15) is 30.0 Å². The molecule has 1 aromatic carbocycles. The number of aliphatic hydroxyl groups is 1. The molecular formula is C17H21NO4. The third-order valence-corrected chi connectivity index (χ3v) is 3.19. The van der Waals surface area contributed by atoms with Crippen LogP contribution >= 0.6 is 0 Å². The molecule has 1 heterocycles. The normalized spacial score (nSPS) is 13.4. The van der Waals surface area contributed by atoms with Crippen molar-refractivity contribution in [3.05, 3.63) is 54.0 Å². The molecule has 5 heteroatoms. The molecule has 2 aromatic rings. The molecule has 1 aromatic heterocycles. The summed E-state index contributed by atoms with van der Waals surface area (Å²) in [6, 6.07) is 10.5. The molecule has 0 aliphatic rings. The van der Waals surface area contributed by atoms with Crippen LogP contribution in [0.25, 0.3) is 0 Å². The number of carbonyl (C=O) groups excluding carboxylic acids is 1. The van der Waals surface area contributed by atoms with Crippen molar-refractivity contribution in [2.75, 3.05) is 13.2 Å². The van der Waals surface area contributed by atoms with E-state index in [0.717, 1.165) is 5.75 Å². The van der Waals surface area contributed by atoms with Gasteiger partial charge in [0.05, 0.1) is 18.5 Å². The van der Waals surface area contributed by atoms with E-state index in [1.807, 2.05) is 6.92 Å². The number of benzene rings is 1. The Balaban J connectivity index is 1.88. The van der Waals surface area contributed by atoms with Gasteiger partial charge < -0.3 is 19.6 Å². The number of amides is 1. The van der Waals surface area contributed by atoms with Gasteiger partial charge >= 0.3 is 0 Å². The second-order valence-corrected chi connectivity index (χ2v) is 5.39. The van der Waals surface area contributed by atoms with Gasteiger partial charge in [-0.3, -0.25) is 4.79 Å². The lowest BCUT2D eigenvalue weighted by Crippen LogP contribution is -2.42. The fourth-order valence-electron chi connectivity index (χ4n) is 2.09. The van der Waals surface area contributed by atoms with Crippen molar-refractivity contribution in [1.82, 2.24) is 5.32 Å². The van der Waals surface area contributed by atoms with Gasteiger partial charge in [0.15, 0.2) is 0 Å². The molecule has 0 radical (unpaired) electrons. The van der Waals surface area contributed by atoms with E-state index in [4.69, 9.17) is 9.15 Å². The second kappa shape index (κ2) is 7.13. The van der Waals surface area contributed by atoms with Crippen LogP contribution in [0.3, 0.4) is 0 Å². The molecule has 0 spiro atoms. The molecule has 1 atom stereocenters. The molecule has 0 saturated heterocycles. The van der Waals surface area contributed by atoms with Gasteiger partial charge in [-0.1, -0.05) is 0 Å². The maximum atomic E-state index is 12.1. The van der Waals surface area contributed by atoms with Crippen LogP contribution in [0.4, 0.5) is 0 Å². The molecule has 22 heavy (non-hydrogen) atoms. The summed E-state index contributed by atoms with van der Waals surface area (Å²) < 4.78 is 10.5. The smallest absolute Gasteiger partial charge is 0.251 e. The lowest BCUT2D eigenvalue weighted by Gasteiger charge is -2.22. The molecule has 2 N–H and O–H groups in total. The van der Waals surface area contributed by atoms with Crippen LogP contribution in [0.2, 0.25) is 0 Å². The number of hydrogen-bond acceptors (Lipinski definition) is 4. The minimum absolute atomic E-state index is 0.139. The summed E-state index contributed by atoms with van der Waals surface area (Å²) in [6.45, 7) is 4.29. The number of hydrogen-bond donors (Lipinski definition) is 2. The summed E-state index contributed by atoms with van der Waals surface area (Å²) in [7, 11) is 0. The monoisotopic (exact) mass is 303 g/mol. The summed E-state index contributed by atoms with van der Waals surface area (Å²) in [6.07, 6.45) is 1.90. The second-order valence-electron chi connectivity index (χ2n) is 5.39. The van der Waals surface area contributed by atoms with Gasteiger partial charge in [0.25, 0.3) is 5.91 Å². The lowest BCUT2D eigenvalue weighted by atomic mass is 10.0. The van der Waals surface area contributed by atoms with E-state index >= 15 is 0 Å². The van der Waals surface area contributed by atoms with Gasteiger partial charge in [0.2, 0.25) is 0 Å². The highest BCUT2D eigenvalue weighted by molar-refractivity contribution is 5.94. The zero-order valence-corrected chi connectivity index (χ0v) is 12.8. The van der Waals surface area contributed by atoms with E-state index in [-0.39, 0.29) is 12.5 Å². The maximum absolute atomic E-state index is 12.1. The van der Waals surface area contributed by atoms with Gasteiger partial charge in [-0.25, -0.2) is 0 Å². The Morgan fingerprint density at radius 3 is 2.64 bits per heavy atom. The Morgan fingerprint density at radius 2 is 2.05 bits per heavy atom. The van der Waals surface area contributed by atoms with Gasteiger partial charge in [0.1, 0.15) is 11.5 Å². The first kappa shape index (κ1) is 16.1. The number of carbonyl (C=O) groups is 1. The summed E-state index contributed by atoms with van der Waals surface area (Å²) in [5.74, 6) is 1.17. The van der Waals surface area contributed by atoms with Crippen LogP contribution in [0.15, 0.2) is 47.1 Å². The van der Waals surface area contributed by atoms with Crippen molar-refractivity contribution in [3.8, 4) is 5.75 Å². The molecule has 0 aliphatic heterocycles. The average molecular weight is 303 g/mol. The molecule has 1 amide bonds. The number of ether oxygens (including phenoxy) is 1. The van der Waals surface area contributed by atoms with Crippen molar-refractivity contribution < 1.29 is 19.1 Å². The Kier molecular flexibility index (Phi) is 5.22. The van der Waals surface area contributed by atoms with Gasteiger partial charge in [-0.2, -0.15) is 0 Å². The number of nitrogens with one attached hydrogen (secondary N) is 1. The van der Waals surface area contributed by atoms with Crippen molar-refractivity contribution >= 4 is 5.91 Å². The highest BCUT2D eigenvalue weighted by atomic mass is 16.5. The van der Waals surface area contributed by atoms with E-state index in [2.05, 4.69) is 5.32 Å². The third-order valence-electron chi connectivity index (χ3n) is 3.19. The largest absolute Gasteiger partial charge is 0.494 e. The van der Waals surface area contributed by atoms with E-state index in [9.17, 15) is 9.90 Å². The van der Waals surface area contributed by atoms with Crippen LogP contribution in [0, 0.1) is 0 Å². The van der Waals surface area contributed by atoms with Crippen molar-refractivity contribution in [1.29, 1.82) is 0 Å². The molecule has 0 aliphatic carbocycles. The van der Waals surface area contributed by atoms with E-state index in [1.165, 1.54) is 0 Å². The summed E-state index contributed by atoms with van der Waals surface area (Å²) in [4.78, 5) is 12.1. The zero-order valence-electron chi connectivity index (χ0n) is 12.8. The van der Waals surface area contributed by atoms with E-state index in [0.29, 0.717) is 24.4 Å². The van der Waals surface area contributed by atoms with Crippen LogP contribution in [-0.2, 0) is 6.42 Å². The molecule has 2 rings (SSSR count). The van der Waals surface area contributed by atoms with E-state index < -0.39 is 5.60 Å². The standard InChI is InChI=1S/C17H21NO4/c1-3-21-14-8-6-13(7-9-14)16(19)18-12-17(2,20)11-15-5-4-10-22-15/h4-10,20H,3,11-12H2,1-2H3,(H,18,19). The third kappa shape index (κ3) is 4.63. The fraction of sp³-hybridized carbons (Fsp3) is 0.353. The minimum Gasteiger partial charge on any atom is -0.494 e. The first-order valence-electron chi connectivity index (χ1n) is 7.26. The Hall–Kier alpha value is -2.27. The van der Waals surface area contributed by atoms with Gasteiger partial charge in [-0.05, 0) is 50.2 Å². The zero-order chi connectivity index (χ0) is 16.0. The SMILES string of the molecule is CCOc1ccc(C(=O)NCC(C)(O)Cc2ccco2)cc1. The first-order valence-corrected chi connectivity index (χ1v) is 7.26. The molecule has 0 saturated carbocycles.